The second-order valence-electron chi connectivity index (χ2n) is 7.82. The van der Waals surface area contributed by atoms with E-state index in [1.165, 1.54) is 16.3 Å². The van der Waals surface area contributed by atoms with Gasteiger partial charge in [-0.1, -0.05) is 24.3 Å². The number of anilines is 1. The Morgan fingerprint density at radius 2 is 1.75 bits per heavy atom. The predicted octanol–water partition coefficient (Wildman–Crippen LogP) is 3.16. The summed E-state index contributed by atoms with van der Waals surface area (Å²) in [6, 6.07) is 16.4. The molecule has 1 aliphatic rings. The maximum atomic E-state index is 7.09. The van der Waals surface area contributed by atoms with Crippen LogP contribution in [0, 0.1) is 5.41 Å². The minimum Gasteiger partial charge on any atom is -0.495 e. The molecule has 8 heteroatoms. The third kappa shape index (κ3) is 7.71. The van der Waals surface area contributed by atoms with Crippen LogP contribution in [0.1, 0.15) is 18.4 Å². The molecule has 1 fully saturated rings. The first-order chi connectivity index (χ1) is 15.2. The quantitative estimate of drug-likeness (QED) is 0.152. The number of rotatable bonds is 12. The van der Waals surface area contributed by atoms with Crippen molar-refractivity contribution in [3.63, 3.8) is 0 Å². The zero-order chi connectivity index (χ0) is 21.9. The Morgan fingerprint density at radius 1 is 1.03 bits per heavy atom. The number of piperazine rings is 1. The van der Waals surface area contributed by atoms with Gasteiger partial charge in [0.25, 0.3) is 0 Å². The number of nitrogens with one attached hydrogen (secondary N) is 1. The lowest BCUT2D eigenvalue weighted by atomic mass is 10.1. The lowest BCUT2D eigenvalue weighted by Gasteiger charge is -2.36. The zero-order valence-electron chi connectivity index (χ0n) is 19.2. The van der Waals surface area contributed by atoms with Gasteiger partial charge in [-0.25, -0.2) is 5.84 Å². The SMILES string of the molecule is COc1ccccc1N1CCN(CCCCOc2ccc(CCN(N)C=N)cc2)CC1.N. The van der Waals surface area contributed by atoms with Crippen molar-refractivity contribution in [1.82, 2.24) is 16.1 Å². The van der Waals surface area contributed by atoms with Gasteiger partial charge in [0.1, 0.15) is 11.5 Å². The number of nitrogens with zero attached hydrogens (tertiary/aromatic N) is 3. The number of hydrogen-bond donors (Lipinski definition) is 3. The largest absolute Gasteiger partial charge is 0.495 e. The summed E-state index contributed by atoms with van der Waals surface area (Å²) in [6.45, 7) is 6.72. The molecule has 1 heterocycles. The lowest BCUT2D eigenvalue weighted by molar-refractivity contribution is 0.238. The molecule has 0 atom stereocenters. The van der Waals surface area contributed by atoms with Crippen molar-refractivity contribution in [1.29, 1.82) is 5.41 Å². The number of ether oxygens (including phenoxy) is 2. The third-order valence-corrected chi connectivity index (χ3v) is 5.68. The summed E-state index contributed by atoms with van der Waals surface area (Å²) in [5.74, 6) is 7.46. The maximum absolute atomic E-state index is 7.09. The number of hydrogen-bond acceptors (Lipinski definition) is 7. The average molecular weight is 443 g/mol. The molecule has 0 radical (unpaired) electrons. The van der Waals surface area contributed by atoms with Crippen LogP contribution in [0.25, 0.3) is 0 Å². The summed E-state index contributed by atoms with van der Waals surface area (Å²) in [7, 11) is 1.74. The minimum absolute atomic E-state index is 0. The fourth-order valence-corrected chi connectivity index (χ4v) is 3.81. The number of benzene rings is 2. The smallest absolute Gasteiger partial charge is 0.142 e. The molecule has 0 bridgehead atoms. The van der Waals surface area contributed by atoms with Gasteiger partial charge in [-0.15, -0.1) is 0 Å². The van der Waals surface area contributed by atoms with Crippen molar-refractivity contribution < 1.29 is 9.47 Å². The van der Waals surface area contributed by atoms with Crippen LogP contribution in [0.2, 0.25) is 0 Å². The number of para-hydroxylation sites is 2. The Morgan fingerprint density at radius 3 is 2.44 bits per heavy atom. The van der Waals surface area contributed by atoms with Crippen LogP contribution in [0.5, 0.6) is 11.5 Å². The van der Waals surface area contributed by atoms with Gasteiger partial charge in [0.2, 0.25) is 0 Å². The number of hydrazine groups is 1. The molecule has 0 aliphatic carbocycles. The van der Waals surface area contributed by atoms with Crippen LogP contribution < -0.4 is 26.4 Å². The molecule has 3 rings (SSSR count). The van der Waals surface area contributed by atoms with E-state index in [9.17, 15) is 0 Å². The van der Waals surface area contributed by atoms with Crippen LogP contribution in [-0.2, 0) is 6.42 Å². The van der Waals surface area contributed by atoms with E-state index in [-0.39, 0.29) is 6.15 Å². The van der Waals surface area contributed by atoms with Crippen molar-refractivity contribution in [3.05, 3.63) is 54.1 Å². The summed E-state index contributed by atoms with van der Waals surface area (Å²) in [6.07, 6.45) is 4.15. The Labute approximate surface area is 191 Å². The monoisotopic (exact) mass is 442 g/mol. The molecule has 176 valence electrons. The summed E-state index contributed by atoms with van der Waals surface area (Å²) in [5, 5.41) is 8.47. The van der Waals surface area contributed by atoms with E-state index in [4.69, 9.17) is 20.7 Å². The van der Waals surface area contributed by atoms with E-state index < -0.39 is 0 Å². The minimum atomic E-state index is 0. The van der Waals surface area contributed by atoms with Crippen molar-refractivity contribution in [3.8, 4) is 11.5 Å². The second kappa shape index (κ2) is 13.6. The molecule has 0 amide bonds. The highest BCUT2D eigenvalue weighted by atomic mass is 16.5. The maximum Gasteiger partial charge on any atom is 0.142 e. The summed E-state index contributed by atoms with van der Waals surface area (Å²) in [4.78, 5) is 4.95. The lowest BCUT2D eigenvalue weighted by Crippen LogP contribution is -2.46. The Kier molecular flexibility index (Phi) is 10.8. The van der Waals surface area contributed by atoms with Crippen LogP contribution in [0.3, 0.4) is 0 Å². The third-order valence-electron chi connectivity index (χ3n) is 5.68. The normalized spacial score (nSPS) is 13.9. The first kappa shape index (κ1) is 25.5. The predicted molar refractivity (Wildman–Crippen MR) is 131 cm³/mol. The number of nitrogens with two attached hydrogens (primary N) is 1. The fraction of sp³-hybridized carbons (Fsp3) is 0.458. The van der Waals surface area contributed by atoms with E-state index >= 15 is 0 Å². The van der Waals surface area contributed by atoms with Crippen LogP contribution in [0.4, 0.5) is 5.69 Å². The van der Waals surface area contributed by atoms with Crippen molar-refractivity contribution in [2.75, 3.05) is 57.9 Å². The van der Waals surface area contributed by atoms with E-state index in [1.54, 1.807) is 7.11 Å². The van der Waals surface area contributed by atoms with E-state index in [0.29, 0.717) is 6.54 Å². The van der Waals surface area contributed by atoms with E-state index in [2.05, 4.69) is 34.1 Å². The highest BCUT2D eigenvalue weighted by Gasteiger charge is 2.19. The summed E-state index contributed by atoms with van der Waals surface area (Å²) in [5.41, 5.74) is 2.39. The molecule has 8 nitrogen and oxygen atoms in total. The van der Waals surface area contributed by atoms with Gasteiger partial charge in [0, 0.05) is 32.7 Å². The van der Waals surface area contributed by atoms with Gasteiger partial charge in [-0.2, -0.15) is 0 Å². The highest BCUT2D eigenvalue weighted by Crippen LogP contribution is 2.28. The van der Waals surface area contributed by atoms with Crippen LogP contribution in [0.15, 0.2) is 48.5 Å². The second-order valence-corrected chi connectivity index (χ2v) is 7.82. The molecule has 2 aromatic rings. The molecular formula is C24H38N6O2. The molecule has 0 saturated carbocycles. The number of unbranched alkanes of at least 4 members (excludes halogenated alkanes) is 1. The van der Waals surface area contributed by atoms with Gasteiger partial charge >= 0.3 is 0 Å². The van der Waals surface area contributed by atoms with Crippen LogP contribution >= 0.6 is 0 Å². The zero-order valence-corrected chi connectivity index (χ0v) is 19.2. The van der Waals surface area contributed by atoms with Gasteiger partial charge in [0.05, 0.1) is 25.7 Å². The molecule has 32 heavy (non-hydrogen) atoms. The van der Waals surface area contributed by atoms with Gasteiger partial charge < -0.3 is 25.5 Å². The summed E-state index contributed by atoms with van der Waals surface area (Å²) >= 11 is 0. The van der Waals surface area contributed by atoms with Gasteiger partial charge in [-0.3, -0.25) is 10.3 Å². The topological polar surface area (TPSA) is 113 Å². The molecule has 6 N–H and O–H groups in total. The average Bonchev–Trinajstić information content (AvgIpc) is 2.83. The number of methoxy groups -OCH3 is 1. The Hall–Kier alpha value is -2.81. The van der Waals surface area contributed by atoms with Gasteiger partial charge in [0.15, 0.2) is 0 Å². The molecular weight excluding hydrogens is 404 g/mol. The summed E-state index contributed by atoms with van der Waals surface area (Å²) < 4.78 is 11.4. The van der Waals surface area contributed by atoms with Crippen molar-refractivity contribution >= 4 is 12.0 Å². The van der Waals surface area contributed by atoms with E-state index in [0.717, 1.165) is 76.4 Å². The van der Waals surface area contributed by atoms with Crippen molar-refractivity contribution in [2.24, 2.45) is 5.84 Å². The molecule has 0 unspecified atom stereocenters. The van der Waals surface area contributed by atoms with Gasteiger partial charge in [-0.05, 0) is 55.6 Å². The first-order valence-corrected chi connectivity index (χ1v) is 11.0. The molecule has 1 saturated heterocycles. The Balaban J connectivity index is 0.00000363. The molecule has 1 aliphatic heterocycles. The Bertz CT molecular complexity index is 793. The molecule has 0 spiro atoms. The fourth-order valence-electron chi connectivity index (χ4n) is 3.81. The van der Waals surface area contributed by atoms with E-state index in [1.807, 2.05) is 24.3 Å². The standard InChI is InChI=1S/C24H35N5O2.H3N/c1-30-24-7-3-2-6-23(24)28-17-15-27(16-18-28)13-4-5-19-31-22-10-8-21(9-11-22)12-14-29(26)20-25;/h2-3,6-11,20,25H,4-5,12-19,26H2,1H3;1H3. The van der Waals surface area contributed by atoms with Crippen molar-refractivity contribution in [2.45, 2.75) is 19.3 Å². The highest BCUT2D eigenvalue weighted by molar-refractivity contribution is 5.58. The van der Waals surface area contributed by atoms with Crippen LogP contribution in [-0.4, -0.2) is 69.2 Å². The molecule has 0 aromatic heterocycles. The first-order valence-electron chi connectivity index (χ1n) is 11.0. The molecule has 2 aromatic carbocycles.